The van der Waals surface area contributed by atoms with Crippen molar-refractivity contribution in [1.82, 2.24) is 16.1 Å². The van der Waals surface area contributed by atoms with Gasteiger partial charge in [0.2, 0.25) is 0 Å². The third kappa shape index (κ3) is 17.6. The maximum absolute atomic E-state index is 12.7. The van der Waals surface area contributed by atoms with Crippen molar-refractivity contribution in [3.63, 3.8) is 0 Å². The van der Waals surface area contributed by atoms with Crippen molar-refractivity contribution in [2.75, 3.05) is 45.9 Å². The van der Waals surface area contributed by atoms with Gasteiger partial charge >= 0.3 is 13.8 Å². The number of carbonyl (C=O) groups is 1. The van der Waals surface area contributed by atoms with Crippen molar-refractivity contribution in [1.29, 1.82) is 0 Å². The van der Waals surface area contributed by atoms with E-state index in [4.69, 9.17) is 19.4 Å². The van der Waals surface area contributed by atoms with E-state index in [9.17, 15) is 9.36 Å². The van der Waals surface area contributed by atoms with Crippen molar-refractivity contribution in [2.24, 2.45) is 5.73 Å². The minimum atomic E-state index is -4.00. The van der Waals surface area contributed by atoms with Gasteiger partial charge in [-0.25, -0.2) is 4.57 Å². The fraction of sp³-hybridized carbons (Fsp3) is 0.944. The van der Waals surface area contributed by atoms with Crippen LogP contribution in [0, 0.1) is 0 Å². The van der Waals surface area contributed by atoms with E-state index >= 15 is 0 Å². The lowest BCUT2D eigenvalue weighted by atomic mass is 10.2. The number of nitrogens with two attached hydrogens (primary N) is 1. The topological polar surface area (TPSA) is 124 Å². The van der Waals surface area contributed by atoms with Crippen LogP contribution in [0.2, 0.25) is 0 Å². The number of unbranched alkanes of at least 4 members (excludes halogenated alkanes) is 6. The van der Waals surface area contributed by atoms with Crippen molar-refractivity contribution in [2.45, 2.75) is 65.2 Å². The Morgan fingerprint density at radius 2 is 1.61 bits per heavy atom. The standard InChI is InChI=1S/C18H41N4O5P/c1-3-5-7-9-12-21-17-18(23)26-28(24,25-16-10-8-6-4-2)27-22-15-14-20-13-11-19/h20-22H,3-17,19H2,1-2H3. The van der Waals surface area contributed by atoms with Crippen molar-refractivity contribution >= 4 is 13.8 Å². The predicted octanol–water partition coefficient (Wildman–Crippen LogP) is 2.47. The van der Waals surface area contributed by atoms with Gasteiger partial charge in [-0.2, -0.15) is 10.1 Å². The van der Waals surface area contributed by atoms with Gasteiger partial charge in [-0.15, -0.1) is 0 Å². The molecule has 0 aromatic carbocycles. The van der Waals surface area contributed by atoms with Crippen LogP contribution in [0.4, 0.5) is 0 Å². The van der Waals surface area contributed by atoms with Crippen molar-refractivity contribution in [3.8, 4) is 0 Å². The molecule has 0 aliphatic rings. The first-order valence-electron chi connectivity index (χ1n) is 10.6. The van der Waals surface area contributed by atoms with Gasteiger partial charge in [0.1, 0.15) is 0 Å². The van der Waals surface area contributed by atoms with Crippen LogP contribution in [0.15, 0.2) is 0 Å². The molecule has 0 saturated heterocycles. The molecule has 5 N–H and O–H groups in total. The summed E-state index contributed by atoms with van der Waals surface area (Å²) in [6, 6.07) is 0. The Labute approximate surface area is 170 Å². The van der Waals surface area contributed by atoms with E-state index in [-0.39, 0.29) is 13.2 Å². The van der Waals surface area contributed by atoms with Gasteiger partial charge in [-0.1, -0.05) is 52.4 Å². The number of carbonyl (C=O) groups excluding carboxylic acids is 1. The fourth-order valence-corrected chi connectivity index (χ4v) is 3.35. The summed E-state index contributed by atoms with van der Waals surface area (Å²) in [5.41, 5.74) is 7.93. The first-order chi connectivity index (χ1) is 13.6. The predicted molar refractivity (Wildman–Crippen MR) is 112 cm³/mol. The van der Waals surface area contributed by atoms with E-state index in [1.807, 2.05) is 0 Å². The van der Waals surface area contributed by atoms with Gasteiger partial charge < -0.3 is 20.9 Å². The van der Waals surface area contributed by atoms with Crippen LogP contribution in [-0.4, -0.2) is 51.8 Å². The number of hydrogen-bond acceptors (Lipinski definition) is 9. The van der Waals surface area contributed by atoms with Gasteiger partial charge in [-0.05, 0) is 19.4 Å². The van der Waals surface area contributed by atoms with Gasteiger partial charge in [0.25, 0.3) is 0 Å². The molecule has 1 atom stereocenters. The van der Waals surface area contributed by atoms with E-state index in [0.717, 1.165) is 44.9 Å². The molecule has 0 amide bonds. The largest absolute Gasteiger partial charge is 0.549 e. The summed E-state index contributed by atoms with van der Waals surface area (Å²) in [5.74, 6) is -0.657. The molecule has 0 aliphatic carbocycles. The lowest BCUT2D eigenvalue weighted by Crippen LogP contribution is -2.31. The second-order valence-electron chi connectivity index (χ2n) is 6.57. The number of hydrogen-bond donors (Lipinski definition) is 4. The zero-order valence-electron chi connectivity index (χ0n) is 17.7. The number of hydroxylamine groups is 1. The van der Waals surface area contributed by atoms with Crippen LogP contribution < -0.4 is 21.8 Å². The number of phosphoric ester groups is 1. The van der Waals surface area contributed by atoms with Crippen LogP contribution in [0.25, 0.3) is 0 Å². The summed E-state index contributed by atoms with van der Waals surface area (Å²) in [6.45, 7) is 7.29. The molecule has 0 aromatic heterocycles. The number of nitrogens with one attached hydrogen (secondary N) is 3. The van der Waals surface area contributed by atoms with Crippen LogP contribution in [-0.2, 0) is 23.0 Å². The Balaban J connectivity index is 4.24. The highest BCUT2D eigenvalue weighted by molar-refractivity contribution is 7.49. The molecular weight excluding hydrogens is 383 g/mol. The molecule has 0 saturated carbocycles. The molecule has 28 heavy (non-hydrogen) atoms. The summed E-state index contributed by atoms with van der Waals surface area (Å²) >= 11 is 0. The molecule has 9 nitrogen and oxygen atoms in total. The Bertz CT molecular complexity index is 415. The SMILES string of the molecule is CCCCCCNCC(=O)OP(=O)(OCCCCCC)ONCCNCCN. The van der Waals surface area contributed by atoms with E-state index in [1.54, 1.807) is 0 Å². The summed E-state index contributed by atoms with van der Waals surface area (Å²) < 4.78 is 28.1. The second-order valence-corrected chi connectivity index (χ2v) is 8.08. The normalized spacial score (nSPS) is 13.4. The van der Waals surface area contributed by atoms with E-state index in [2.05, 4.69) is 30.0 Å². The van der Waals surface area contributed by atoms with Crippen molar-refractivity contribution < 1.29 is 23.0 Å². The number of rotatable bonds is 21. The quantitative estimate of drug-likeness (QED) is 0.125. The maximum atomic E-state index is 12.7. The van der Waals surface area contributed by atoms with E-state index < -0.39 is 13.8 Å². The smallest absolute Gasteiger partial charge is 0.368 e. The second kappa shape index (κ2) is 19.8. The molecule has 0 bridgehead atoms. The van der Waals surface area contributed by atoms with Crippen LogP contribution >= 0.6 is 7.82 Å². The van der Waals surface area contributed by atoms with E-state index in [1.165, 1.54) is 6.42 Å². The molecular formula is C18H41N4O5P. The summed E-state index contributed by atoms with van der Waals surface area (Å²) in [4.78, 5) is 12.0. The highest BCUT2D eigenvalue weighted by atomic mass is 31.2. The zero-order chi connectivity index (χ0) is 20.9. The van der Waals surface area contributed by atoms with Crippen molar-refractivity contribution in [3.05, 3.63) is 0 Å². The fourth-order valence-electron chi connectivity index (χ4n) is 2.29. The Kier molecular flexibility index (Phi) is 19.4. The Morgan fingerprint density at radius 1 is 0.893 bits per heavy atom. The maximum Gasteiger partial charge on any atom is 0.549 e. The highest BCUT2D eigenvalue weighted by Crippen LogP contribution is 2.48. The molecule has 0 spiro atoms. The summed E-state index contributed by atoms with van der Waals surface area (Å²) in [6.07, 6.45) is 8.28. The minimum Gasteiger partial charge on any atom is -0.368 e. The minimum absolute atomic E-state index is 0.0310. The van der Waals surface area contributed by atoms with Gasteiger partial charge in [-0.3, -0.25) is 9.32 Å². The third-order valence-corrected chi connectivity index (χ3v) is 5.12. The van der Waals surface area contributed by atoms with Gasteiger partial charge in [0.05, 0.1) is 13.2 Å². The molecule has 0 fully saturated rings. The Hall–Kier alpha value is -0.540. The summed E-state index contributed by atoms with van der Waals surface area (Å²) in [5, 5.41) is 6.05. The summed E-state index contributed by atoms with van der Waals surface area (Å²) in [7, 11) is -4.00. The average molecular weight is 425 g/mol. The third-order valence-electron chi connectivity index (χ3n) is 3.84. The van der Waals surface area contributed by atoms with Gasteiger partial charge in [0.15, 0.2) is 0 Å². The van der Waals surface area contributed by atoms with E-state index in [0.29, 0.717) is 32.7 Å². The highest BCUT2D eigenvalue weighted by Gasteiger charge is 2.31. The van der Waals surface area contributed by atoms with Crippen LogP contribution in [0.5, 0.6) is 0 Å². The van der Waals surface area contributed by atoms with Gasteiger partial charge in [0, 0.05) is 26.2 Å². The monoisotopic (exact) mass is 424 g/mol. The first-order valence-corrected chi connectivity index (χ1v) is 12.0. The van der Waals surface area contributed by atoms with Crippen LogP contribution in [0.1, 0.15) is 65.2 Å². The molecule has 0 heterocycles. The van der Waals surface area contributed by atoms with Crippen LogP contribution in [0.3, 0.4) is 0 Å². The lowest BCUT2D eigenvalue weighted by molar-refractivity contribution is -0.135. The first kappa shape index (κ1) is 27.5. The number of phosphoric acid groups is 1. The molecule has 168 valence electrons. The molecule has 0 aromatic rings. The average Bonchev–Trinajstić information content (AvgIpc) is 2.67. The molecule has 0 radical (unpaired) electrons. The molecule has 1 unspecified atom stereocenters. The molecule has 10 heteroatoms. The molecule has 0 rings (SSSR count). The molecule has 0 aliphatic heterocycles. The Morgan fingerprint density at radius 3 is 2.29 bits per heavy atom. The zero-order valence-corrected chi connectivity index (χ0v) is 18.6. The lowest BCUT2D eigenvalue weighted by Gasteiger charge is -2.18.